The van der Waals surface area contributed by atoms with E-state index in [0.29, 0.717) is 17.9 Å². The summed E-state index contributed by atoms with van der Waals surface area (Å²) < 4.78 is 26.8. The van der Waals surface area contributed by atoms with Crippen LogP contribution in [0.4, 0.5) is 5.82 Å². The number of pyridine rings is 1. The summed E-state index contributed by atoms with van der Waals surface area (Å²) >= 11 is 0. The third-order valence-electron chi connectivity index (χ3n) is 3.38. The molecule has 0 saturated heterocycles. The molecule has 2 N–H and O–H groups in total. The Kier molecular flexibility index (Phi) is 4.11. The molecule has 0 saturated carbocycles. The van der Waals surface area contributed by atoms with Crippen LogP contribution in [0.1, 0.15) is 12.0 Å². The summed E-state index contributed by atoms with van der Waals surface area (Å²) in [5.74, 6) is 0.540. The fraction of sp³-hybridized carbons (Fsp3) is 0.188. The molecule has 3 rings (SSSR count). The highest BCUT2D eigenvalue weighted by Gasteiger charge is 2.12. The van der Waals surface area contributed by atoms with Crippen LogP contribution in [0.25, 0.3) is 11.0 Å². The molecule has 0 fully saturated rings. The molecule has 0 amide bonds. The van der Waals surface area contributed by atoms with Gasteiger partial charge in [-0.25, -0.2) is 13.4 Å². The van der Waals surface area contributed by atoms with Crippen molar-refractivity contribution in [1.82, 2.24) is 9.97 Å². The molecule has 2 heterocycles. The van der Waals surface area contributed by atoms with Crippen molar-refractivity contribution in [2.24, 2.45) is 0 Å². The molecule has 0 unspecified atom stereocenters. The maximum atomic E-state index is 12.1. The molecular weight excluding hydrogens is 298 g/mol. The maximum Gasteiger partial charge on any atom is 0.233 e. The number of benzene rings is 1. The third-order valence-corrected chi connectivity index (χ3v) is 4.74. The van der Waals surface area contributed by atoms with Gasteiger partial charge in [0.15, 0.2) is 0 Å². The van der Waals surface area contributed by atoms with Gasteiger partial charge in [-0.15, -0.1) is 0 Å². The van der Waals surface area contributed by atoms with E-state index in [1.165, 1.54) is 0 Å². The van der Waals surface area contributed by atoms with Crippen LogP contribution in [0, 0.1) is 0 Å². The zero-order chi connectivity index (χ0) is 15.4. The van der Waals surface area contributed by atoms with E-state index in [1.807, 2.05) is 42.5 Å². The van der Waals surface area contributed by atoms with E-state index in [-0.39, 0.29) is 5.75 Å². The quantitative estimate of drug-likeness (QED) is 0.734. The number of H-pyrrole nitrogens is 1. The number of aromatic amines is 1. The lowest BCUT2D eigenvalue weighted by Crippen LogP contribution is -2.17. The molecule has 5 nitrogen and oxygen atoms in total. The summed E-state index contributed by atoms with van der Waals surface area (Å²) in [6.07, 6.45) is 2.99. The van der Waals surface area contributed by atoms with Crippen molar-refractivity contribution in [2.75, 3.05) is 10.5 Å². The van der Waals surface area contributed by atoms with E-state index >= 15 is 0 Å². The van der Waals surface area contributed by atoms with E-state index in [4.69, 9.17) is 0 Å². The minimum Gasteiger partial charge on any atom is -0.325 e. The van der Waals surface area contributed by atoms with Gasteiger partial charge in [0.25, 0.3) is 0 Å². The van der Waals surface area contributed by atoms with E-state index in [2.05, 4.69) is 14.7 Å². The predicted octanol–water partition coefficient (Wildman–Crippen LogP) is 2.94. The Morgan fingerprint density at radius 1 is 1.09 bits per heavy atom. The van der Waals surface area contributed by atoms with Crippen LogP contribution < -0.4 is 4.72 Å². The molecule has 6 heteroatoms. The standard InChI is InChI=1S/C16H17N3O2S/c20-22(21,11-5-8-13-6-2-1-3-7-13)19-15-12-14-9-4-10-17-16(14)18-15/h1-4,6-7,9-10,12,19H,5,8,11H2,(H,17,18). The first-order chi connectivity index (χ1) is 10.6. The number of fused-ring (bicyclic) bond motifs is 1. The molecule has 0 bridgehead atoms. The molecule has 0 radical (unpaired) electrons. The second-order valence-electron chi connectivity index (χ2n) is 5.13. The fourth-order valence-electron chi connectivity index (χ4n) is 2.34. The molecular formula is C16H17N3O2S. The molecule has 2 aromatic heterocycles. The van der Waals surface area contributed by atoms with E-state index in [9.17, 15) is 8.42 Å². The number of sulfonamides is 1. The summed E-state index contributed by atoms with van der Waals surface area (Å²) in [7, 11) is -3.36. The number of aromatic nitrogens is 2. The number of hydrogen-bond donors (Lipinski definition) is 2. The molecule has 3 aromatic rings. The van der Waals surface area contributed by atoms with Gasteiger partial charge in [0, 0.05) is 11.6 Å². The SMILES string of the molecule is O=S(=O)(CCCc1ccccc1)Nc1cc2cccnc2[nH]1. The van der Waals surface area contributed by atoms with Crippen molar-refractivity contribution >= 4 is 26.9 Å². The van der Waals surface area contributed by atoms with Crippen LogP contribution in [0.3, 0.4) is 0 Å². The Bertz CT molecular complexity index is 824. The lowest BCUT2D eigenvalue weighted by atomic mass is 10.1. The fourth-order valence-corrected chi connectivity index (χ4v) is 3.41. The van der Waals surface area contributed by atoms with Crippen molar-refractivity contribution in [3.63, 3.8) is 0 Å². The average molecular weight is 315 g/mol. The highest BCUT2D eigenvalue weighted by atomic mass is 32.2. The normalized spacial score (nSPS) is 11.6. The Balaban J connectivity index is 1.61. The molecule has 22 heavy (non-hydrogen) atoms. The Hall–Kier alpha value is -2.34. The molecule has 0 spiro atoms. The Morgan fingerprint density at radius 3 is 2.68 bits per heavy atom. The zero-order valence-corrected chi connectivity index (χ0v) is 12.8. The second kappa shape index (κ2) is 6.19. The van der Waals surface area contributed by atoms with Crippen molar-refractivity contribution in [1.29, 1.82) is 0 Å². The molecule has 0 atom stereocenters. The smallest absolute Gasteiger partial charge is 0.233 e. The number of nitrogens with zero attached hydrogens (tertiary/aromatic N) is 1. The third kappa shape index (κ3) is 3.65. The van der Waals surface area contributed by atoms with Gasteiger partial charge in [-0.05, 0) is 36.6 Å². The summed E-state index contributed by atoms with van der Waals surface area (Å²) in [5, 5.41) is 0.879. The predicted molar refractivity (Wildman–Crippen MR) is 88.3 cm³/mol. The zero-order valence-electron chi connectivity index (χ0n) is 12.0. The van der Waals surface area contributed by atoms with Crippen LogP contribution in [0.2, 0.25) is 0 Å². The van der Waals surface area contributed by atoms with Gasteiger partial charge in [0.2, 0.25) is 10.0 Å². The van der Waals surface area contributed by atoms with Crippen molar-refractivity contribution in [2.45, 2.75) is 12.8 Å². The van der Waals surface area contributed by atoms with Gasteiger partial charge in [0.1, 0.15) is 11.5 Å². The van der Waals surface area contributed by atoms with Crippen LogP contribution in [-0.2, 0) is 16.4 Å². The van der Waals surface area contributed by atoms with E-state index in [0.717, 1.165) is 17.4 Å². The average Bonchev–Trinajstić information content (AvgIpc) is 2.89. The van der Waals surface area contributed by atoms with Crippen LogP contribution >= 0.6 is 0 Å². The number of aryl methyl sites for hydroxylation is 1. The Morgan fingerprint density at radius 2 is 1.91 bits per heavy atom. The highest BCUT2D eigenvalue weighted by molar-refractivity contribution is 7.92. The number of nitrogens with one attached hydrogen (secondary N) is 2. The summed E-state index contributed by atoms with van der Waals surface area (Å²) in [6, 6.07) is 15.3. The van der Waals surface area contributed by atoms with E-state index < -0.39 is 10.0 Å². The van der Waals surface area contributed by atoms with Crippen LogP contribution in [0.15, 0.2) is 54.7 Å². The minimum absolute atomic E-state index is 0.0880. The minimum atomic E-state index is -3.36. The number of anilines is 1. The van der Waals surface area contributed by atoms with Crippen LogP contribution in [-0.4, -0.2) is 24.1 Å². The summed E-state index contributed by atoms with van der Waals surface area (Å²) in [5.41, 5.74) is 1.82. The van der Waals surface area contributed by atoms with Crippen LogP contribution in [0.5, 0.6) is 0 Å². The molecule has 0 aliphatic carbocycles. The summed E-state index contributed by atoms with van der Waals surface area (Å²) in [6.45, 7) is 0. The van der Waals surface area contributed by atoms with Crippen molar-refractivity contribution in [3.8, 4) is 0 Å². The molecule has 1 aromatic carbocycles. The topological polar surface area (TPSA) is 74.8 Å². The monoisotopic (exact) mass is 315 g/mol. The summed E-state index contributed by atoms with van der Waals surface area (Å²) in [4.78, 5) is 7.10. The molecule has 114 valence electrons. The lowest BCUT2D eigenvalue weighted by Gasteiger charge is -2.06. The van der Waals surface area contributed by atoms with Gasteiger partial charge in [0.05, 0.1) is 5.75 Å². The van der Waals surface area contributed by atoms with Crippen molar-refractivity contribution < 1.29 is 8.42 Å². The molecule has 0 aliphatic rings. The first-order valence-corrected chi connectivity index (χ1v) is 8.76. The largest absolute Gasteiger partial charge is 0.325 e. The van der Waals surface area contributed by atoms with Gasteiger partial charge < -0.3 is 4.98 Å². The van der Waals surface area contributed by atoms with Crippen molar-refractivity contribution in [3.05, 3.63) is 60.3 Å². The second-order valence-corrected chi connectivity index (χ2v) is 6.98. The lowest BCUT2D eigenvalue weighted by molar-refractivity contribution is 0.598. The first kappa shape index (κ1) is 14.6. The number of hydrogen-bond acceptors (Lipinski definition) is 3. The first-order valence-electron chi connectivity index (χ1n) is 7.10. The van der Waals surface area contributed by atoms with Gasteiger partial charge in [-0.2, -0.15) is 0 Å². The van der Waals surface area contributed by atoms with Gasteiger partial charge in [-0.1, -0.05) is 30.3 Å². The van der Waals surface area contributed by atoms with Gasteiger partial charge in [-0.3, -0.25) is 4.72 Å². The van der Waals surface area contributed by atoms with E-state index in [1.54, 1.807) is 12.3 Å². The maximum absolute atomic E-state index is 12.1. The van der Waals surface area contributed by atoms with Gasteiger partial charge >= 0.3 is 0 Å². The number of rotatable bonds is 6. The molecule has 0 aliphatic heterocycles. The highest BCUT2D eigenvalue weighted by Crippen LogP contribution is 2.17. The Labute approximate surface area is 129 Å².